The molecule has 2 heterocycles. The van der Waals surface area contributed by atoms with Crippen LogP contribution in [0.4, 0.5) is 5.69 Å². The largest absolute Gasteiger partial charge is 0.327 e. The number of nitrogens with zero attached hydrogens (tertiary/aromatic N) is 3. The molecule has 1 N–H and O–H groups in total. The van der Waals surface area contributed by atoms with E-state index in [4.69, 9.17) is 0 Å². The maximum atomic E-state index is 11.3. The Balaban J connectivity index is 2.12. The highest BCUT2D eigenvalue weighted by atomic mass is 32.2. The van der Waals surface area contributed by atoms with E-state index in [1.807, 2.05) is 29.8 Å². The quantitative estimate of drug-likeness (QED) is 0.803. The predicted molar refractivity (Wildman–Crippen MR) is 82.4 cm³/mol. The summed E-state index contributed by atoms with van der Waals surface area (Å²) in [4.78, 5) is 8.65. The molecule has 0 amide bonds. The molecule has 0 spiro atoms. The van der Waals surface area contributed by atoms with Crippen LogP contribution in [0, 0.1) is 0 Å². The van der Waals surface area contributed by atoms with Crippen LogP contribution >= 0.6 is 0 Å². The molecule has 7 heteroatoms. The lowest BCUT2D eigenvalue weighted by Crippen LogP contribution is -2.09. The number of aryl methyl sites for hydroxylation is 1. The molecule has 3 rings (SSSR count). The van der Waals surface area contributed by atoms with Crippen LogP contribution < -0.4 is 4.72 Å². The molecule has 2 aromatic heterocycles. The van der Waals surface area contributed by atoms with Crippen molar-refractivity contribution in [1.82, 2.24) is 14.5 Å². The van der Waals surface area contributed by atoms with Crippen molar-refractivity contribution in [3.63, 3.8) is 0 Å². The van der Waals surface area contributed by atoms with Gasteiger partial charge in [0.2, 0.25) is 10.0 Å². The minimum absolute atomic E-state index is 0.501. The second kappa shape index (κ2) is 4.85. The van der Waals surface area contributed by atoms with Gasteiger partial charge in [0.05, 0.1) is 23.0 Å². The third-order valence-corrected chi connectivity index (χ3v) is 3.71. The van der Waals surface area contributed by atoms with Crippen molar-refractivity contribution in [2.45, 2.75) is 0 Å². The Labute approximate surface area is 122 Å². The first-order valence-electron chi connectivity index (χ1n) is 6.29. The summed E-state index contributed by atoms with van der Waals surface area (Å²) in [7, 11) is -1.38. The monoisotopic (exact) mass is 302 g/mol. The predicted octanol–water partition coefficient (Wildman–Crippen LogP) is 2.01. The summed E-state index contributed by atoms with van der Waals surface area (Å²) >= 11 is 0. The third-order valence-electron chi connectivity index (χ3n) is 3.10. The molecule has 108 valence electrons. The number of hydrogen-bond donors (Lipinski definition) is 1. The van der Waals surface area contributed by atoms with Crippen molar-refractivity contribution < 1.29 is 8.42 Å². The lowest BCUT2D eigenvalue weighted by molar-refractivity contribution is 0.607. The van der Waals surface area contributed by atoms with Crippen molar-refractivity contribution in [3.8, 4) is 11.4 Å². The number of hydrogen-bond acceptors (Lipinski definition) is 4. The number of nitrogens with one attached hydrogen (secondary N) is 1. The van der Waals surface area contributed by atoms with E-state index < -0.39 is 10.0 Å². The van der Waals surface area contributed by atoms with Crippen LogP contribution in [0.5, 0.6) is 0 Å². The fourth-order valence-corrected chi connectivity index (χ4v) is 2.79. The van der Waals surface area contributed by atoms with E-state index in [1.165, 1.54) is 0 Å². The molecule has 0 aliphatic heterocycles. The van der Waals surface area contributed by atoms with E-state index in [0.717, 1.165) is 28.7 Å². The molecule has 0 saturated carbocycles. The van der Waals surface area contributed by atoms with Crippen LogP contribution in [0.2, 0.25) is 0 Å². The van der Waals surface area contributed by atoms with Gasteiger partial charge in [-0.15, -0.1) is 0 Å². The van der Waals surface area contributed by atoms with Crippen LogP contribution in [0.25, 0.3) is 22.4 Å². The Morgan fingerprint density at radius 1 is 1.24 bits per heavy atom. The van der Waals surface area contributed by atoms with Gasteiger partial charge in [-0.05, 0) is 30.3 Å². The number of aromatic nitrogens is 3. The number of fused-ring (bicyclic) bond motifs is 1. The topological polar surface area (TPSA) is 76.9 Å². The molecule has 21 heavy (non-hydrogen) atoms. The molecule has 0 aliphatic rings. The van der Waals surface area contributed by atoms with Gasteiger partial charge in [-0.2, -0.15) is 0 Å². The molecule has 3 aromatic rings. The normalized spacial score (nSPS) is 11.7. The van der Waals surface area contributed by atoms with E-state index in [0.29, 0.717) is 5.69 Å². The molecular weight excluding hydrogens is 288 g/mol. The highest BCUT2D eigenvalue weighted by molar-refractivity contribution is 7.92. The summed E-state index contributed by atoms with van der Waals surface area (Å²) in [5.74, 6) is 0.787. The average Bonchev–Trinajstić information content (AvgIpc) is 2.75. The summed E-state index contributed by atoms with van der Waals surface area (Å²) in [5, 5.41) is 0. The third kappa shape index (κ3) is 2.73. The Hall–Kier alpha value is -2.41. The Kier molecular flexibility index (Phi) is 3.13. The van der Waals surface area contributed by atoms with Gasteiger partial charge in [0.15, 0.2) is 0 Å². The highest BCUT2D eigenvalue weighted by Gasteiger charge is 2.11. The van der Waals surface area contributed by atoms with Crippen molar-refractivity contribution >= 4 is 26.7 Å². The number of rotatable bonds is 3. The maximum absolute atomic E-state index is 11.3. The fourth-order valence-electron chi connectivity index (χ4n) is 2.23. The standard InChI is InChI=1S/C14H14N4O2S/c1-18-13-6-5-11(17-21(2,19)20)8-12(13)16-14(18)10-4-3-7-15-9-10/h3-9,17H,1-2H3. The molecule has 0 saturated heterocycles. The van der Waals surface area contributed by atoms with E-state index in [1.54, 1.807) is 24.5 Å². The lowest BCUT2D eigenvalue weighted by Gasteiger charge is -2.03. The first-order chi connectivity index (χ1) is 9.94. The summed E-state index contributed by atoms with van der Waals surface area (Å²) in [6.45, 7) is 0. The molecule has 0 unspecified atom stereocenters. The van der Waals surface area contributed by atoms with Gasteiger partial charge < -0.3 is 4.57 Å². The van der Waals surface area contributed by atoms with Gasteiger partial charge in [-0.3, -0.25) is 9.71 Å². The molecule has 0 bridgehead atoms. The Morgan fingerprint density at radius 3 is 2.71 bits per heavy atom. The minimum Gasteiger partial charge on any atom is -0.327 e. The van der Waals surface area contributed by atoms with Gasteiger partial charge in [0.25, 0.3) is 0 Å². The van der Waals surface area contributed by atoms with Crippen molar-refractivity contribution in [1.29, 1.82) is 0 Å². The van der Waals surface area contributed by atoms with E-state index in [2.05, 4.69) is 14.7 Å². The zero-order valence-electron chi connectivity index (χ0n) is 11.6. The Bertz CT molecular complexity index is 901. The van der Waals surface area contributed by atoms with Gasteiger partial charge in [0, 0.05) is 25.0 Å². The van der Waals surface area contributed by atoms with Crippen LogP contribution in [-0.2, 0) is 17.1 Å². The lowest BCUT2D eigenvalue weighted by atomic mass is 10.3. The molecule has 0 aliphatic carbocycles. The SMILES string of the molecule is Cn1c(-c2cccnc2)nc2cc(NS(C)(=O)=O)ccc21. The minimum atomic E-state index is -3.30. The van der Waals surface area contributed by atoms with Crippen molar-refractivity contribution in [2.24, 2.45) is 7.05 Å². The fraction of sp³-hybridized carbons (Fsp3) is 0.143. The van der Waals surface area contributed by atoms with Gasteiger partial charge in [-0.1, -0.05) is 0 Å². The van der Waals surface area contributed by atoms with Crippen LogP contribution in [0.1, 0.15) is 0 Å². The van der Waals surface area contributed by atoms with Gasteiger partial charge in [-0.25, -0.2) is 13.4 Å². The molecule has 1 aromatic carbocycles. The number of imidazole rings is 1. The maximum Gasteiger partial charge on any atom is 0.229 e. The Morgan fingerprint density at radius 2 is 2.05 bits per heavy atom. The first kappa shape index (κ1) is 13.6. The second-order valence-corrected chi connectivity index (χ2v) is 6.56. The van der Waals surface area contributed by atoms with Gasteiger partial charge >= 0.3 is 0 Å². The van der Waals surface area contributed by atoms with E-state index in [9.17, 15) is 8.42 Å². The number of sulfonamides is 1. The molecule has 0 atom stereocenters. The highest BCUT2D eigenvalue weighted by Crippen LogP contribution is 2.25. The van der Waals surface area contributed by atoms with E-state index in [-0.39, 0.29) is 0 Å². The van der Waals surface area contributed by atoms with Crippen LogP contribution in [0.3, 0.4) is 0 Å². The molecule has 6 nitrogen and oxygen atoms in total. The van der Waals surface area contributed by atoms with Crippen molar-refractivity contribution in [2.75, 3.05) is 11.0 Å². The molecular formula is C14H14N4O2S. The first-order valence-corrected chi connectivity index (χ1v) is 8.18. The average molecular weight is 302 g/mol. The number of anilines is 1. The van der Waals surface area contributed by atoms with Crippen LogP contribution in [-0.4, -0.2) is 29.2 Å². The number of pyridine rings is 1. The summed E-state index contributed by atoms with van der Waals surface area (Å²) < 4.78 is 27.0. The second-order valence-electron chi connectivity index (χ2n) is 4.81. The van der Waals surface area contributed by atoms with Crippen molar-refractivity contribution in [3.05, 3.63) is 42.7 Å². The summed E-state index contributed by atoms with van der Waals surface area (Å²) in [6, 6.07) is 9.07. The summed E-state index contributed by atoms with van der Waals surface area (Å²) in [5.41, 5.74) is 3.06. The van der Waals surface area contributed by atoms with Crippen LogP contribution in [0.15, 0.2) is 42.7 Å². The molecule has 0 fully saturated rings. The zero-order chi connectivity index (χ0) is 15.0. The smallest absolute Gasteiger partial charge is 0.229 e. The summed E-state index contributed by atoms with van der Waals surface area (Å²) in [6.07, 6.45) is 4.58. The molecule has 0 radical (unpaired) electrons. The number of benzene rings is 1. The zero-order valence-corrected chi connectivity index (χ0v) is 12.4. The van der Waals surface area contributed by atoms with Gasteiger partial charge in [0.1, 0.15) is 5.82 Å². The van der Waals surface area contributed by atoms with E-state index >= 15 is 0 Å².